The van der Waals surface area contributed by atoms with Gasteiger partial charge >= 0.3 is 0 Å². The smallest absolute Gasteiger partial charge is 0.164 e. The van der Waals surface area contributed by atoms with Crippen molar-refractivity contribution in [2.45, 2.75) is 38.6 Å². The van der Waals surface area contributed by atoms with E-state index >= 15 is 0 Å². The van der Waals surface area contributed by atoms with Gasteiger partial charge in [0.15, 0.2) is 11.5 Å². The Bertz CT molecular complexity index is 511. The van der Waals surface area contributed by atoms with Gasteiger partial charge in [0.1, 0.15) is 6.07 Å². The van der Waals surface area contributed by atoms with Crippen LogP contribution in [0.1, 0.15) is 37.8 Å². The minimum absolute atomic E-state index is 0.381. The molecule has 0 aromatic carbocycles. The quantitative estimate of drug-likeness (QED) is 0.883. The van der Waals surface area contributed by atoms with E-state index in [-0.39, 0.29) is 0 Å². The van der Waals surface area contributed by atoms with Crippen molar-refractivity contribution in [2.75, 3.05) is 5.73 Å². The molecule has 4 aliphatic rings. The number of anilines is 1. The average molecular weight is 256 g/mol. The highest BCUT2D eigenvalue weighted by molar-refractivity contribution is 5.43. The van der Waals surface area contributed by atoms with Crippen LogP contribution in [-0.4, -0.2) is 9.55 Å². The number of aromatic nitrogens is 2. The largest absolute Gasteiger partial charge is 0.381 e. The first-order valence-electron chi connectivity index (χ1n) is 7.45. The van der Waals surface area contributed by atoms with Crippen LogP contribution in [0.25, 0.3) is 0 Å². The fourth-order valence-electron chi connectivity index (χ4n) is 5.22. The first kappa shape index (κ1) is 11.3. The van der Waals surface area contributed by atoms with Crippen molar-refractivity contribution in [3.8, 4) is 6.07 Å². The van der Waals surface area contributed by atoms with Gasteiger partial charge < -0.3 is 10.3 Å². The van der Waals surface area contributed by atoms with Crippen LogP contribution in [0.4, 0.5) is 5.82 Å². The Morgan fingerprint density at radius 2 is 1.84 bits per heavy atom. The van der Waals surface area contributed by atoms with Crippen molar-refractivity contribution in [3.05, 3.63) is 12.0 Å². The van der Waals surface area contributed by atoms with Crippen LogP contribution in [-0.2, 0) is 6.54 Å². The van der Waals surface area contributed by atoms with E-state index in [1.165, 1.54) is 32.1 Å². The predicted molar refractivity (Wildman–Crippen MR) is 71.9 cm³/mol. The van der Waals surface area contributed by atoms with Gasteiger partial charge in [-0.15, -0.1) is 0 Å². The predicted octanol–water partition coefficient (Wildman–Crippen LogP) is 2.41. The second-order valence-corrected chi connectivity index (χ2v) is 6.84. The summed E-state index contributed by atoms with van der Waals surface area (Å²) in [5.41, 5.74) is 6.30. The maximum Gasteiger partial charge on any atom is 0.164 e. The van der Waals surface area contributed by atoms with Gasteiger partial charge in [-0.3, -0.25) is 0 Å². The van der Waals surface area contributed by atoms with Crippen molar-refractivity contribution < 1.29 is 0 Å². The highest BCUT2D eigenvalue weighted by Crippen LogP contribution is 2.56. The van der Waals surface area contributed by atoms with Crippen LogP contribution < -0.4 is 5.73 Å². The molecule has 0 unspecified atom stereocenters. The zero-order valence-corrected chi connectivity index (χ0v) is 11.1. The number of rotatable bonds is 2. The molecule has 100 valence electrons. The fraction of sp³-hybridized carbons (Fsp3) is 0.733. The lowest BCUT2D eigenvalue weighted by atomic mass is 9.52. The van der Waals surface area contributed by atoms with Gasteiger partial charge in [0.2, 0.25) is 0 Å². The van der Waals surface area contributed by atoms with Crippen LogP contribution in [0.5, 0.6) is 0 Å². The Morgan fingerprint density at radius 3 is 2.42 bits per heavy atom. The third kappa shape index (κ3) is 1.68. The van der Waals surface area contributed by atoms with Gasteiger partial charge in [-0.05, 0) is 61.7 Å². The number of hydrogen-bond donors (Lipinski definition) is 1. The molecule has 19 heavy (non-hydrogen) atoms. The maximum absolute atomic E-state index is 9.18. The lowest BCUT2D eigenvalue weighted by molar-refractivity contribution is -0.0430. The molecule has 4 bridgehead atoms. The molecule has 4 saturated carbocycles. The van der Waals surface area contributed by atoms with E-state index in [0.29, 0.717) is 11.5 Å². The average Bonchev–Trinajstić information content (AvgIpc) is 2.73. The minimum atomic E-state index is 0.381. The summed E-state index contributed by atoms with van der Waals surface area (Å²) in [7, 11) is 0. The SMILES string of the molecule is N#Cc1c(N)ncn1CC1C2CC3CC(C2)CC1C3. The van der Waals surface area contributed by atoms with Crippen molar-refractivity contribution in [1.29, 1.82) is 5.26 Å². The Labute approximate surface area is 113 Å². The van der Waals surface area contributed by atoms with Gasteiger partial charge in [-0.25, -0.2) is 4.98 Å². The number of imidazole rings is 1. The minimum Gasteiger partial charge on any atom is -0.381 e. The maximum atomic E-state index is 9.18. The first-order chi connectivity index (χ1) is 9.24. The lowest BCUT2D eigenvalue weighted by Gasteiger charge is -2.54. The topological polar surface area (TPSA) is 67.6 Å². The molecule has 0 spiro atoms. The Kier molecular flexibility index (Phi) is 2.38. The number of nitrogens with two attached hydrogens (primary N) is 1. The molecular formula is C15H20N4. The summed E-state index contributed by atoms with van der Waals surface area (Å²) in [6.07, 6.45) is 8.92. The van der Waals surface area contributed by atoms with Crippen molar-refractivity contribution in [2.24, 2.45) is 29.6 Å². The Hall–Kier alpha value is -1.50. The summed E-state index contributed by atoms with van der Waals surface area (Å²) in [5, 5.41) is 9.18. The van der Waals surface area contributed by atoms with Crippen LogP contribution in [0, 0.1) is 40.9 Å². The summed E-state index contributed by atoms with van der Waals surface area (Å²) in [6, 6.07) is 2.19. The Morgan fingerprint density at radius 1 is 1.21 bits per heavy atom. The number of nitriles is 1. The second kappa shape index (κ2) is 4.00. The van der Waals surface area contributed by atoms with E-state index in [2.05, 4.69) is 11.1 Å². The van der Waals surface area contributed by atoms with Crippen LogP contribution in [0.3, 0.4) is 0 Å². The molecule has 4 heteroatoms. The second-order valence-electron chi connectivity index (χ2n) is 6.84. The molecule has 0 amide bonds. The zero-order chi connectivity index (χ0) is 13.0. The van der Waals surface area contributed by atoms with E-state index in [1.54, 1.807) is 6.33 Å². The summed E-state index contributed by atoms with van der Waals surface area (Å²) in [5.74, 6) is 4.89. The zero-order valence-electron chi connectivity index (χ0n) is 11.1. The molecule has 1 aromatic heterocycles. The van der Waals surface area contributed by atoms with E-state index in [0.717, 1.165) is 36.1 Å². The van der Waals surface area contributed by atoms with Crippen molar-refractivity contribution in [1.82, 2.24) is 9.55 Å². The van der Waals surface area contributed by atoms with Gasteiger partial charge in [-0.2, -0.15) is 5.26 Å². The molecule has 1 heterocycles. The lowest BCUT2D eigenvalue weighted by Crippen LogP contribution is -2.46. The van der Waals surface area contributed by atoms with Gasteiger partial charge in [0, 0.05) is 6.54 Å². The van der Waals surface area contributed by atoms with E-state index in [4.69, 9.17) is 5.73 Å². The Balaban J connectivity index is 1.59. The molecule has 5 rings (SSSR count). The van der Waals surface area contributed by atoms with E-state index in [1.807, 2.05) is 4.57 Å². The molecular weight excluding hydrogens is 236 g/mol. The molecule has 0 aliphatic heterocycles. The number of hydrogen-bond acceptors (Lipinski definition) is 3. The first-order valence-corrected chi connectivity index (χ1v) is 7.45. The molecule has 4 fully saturated rings. The third-order valence-corrected chi connectivity index (χ3v) is 5.80. The number of nitrogens with zero attached hydrogens (tertiary/aromatic N) is 3. The van der Waals surface area contributed by atoms with E-state index in [9.17, 15) is 5.26 Å². The molecule has 4 nitrogen and oxygen atoms in total. The summed E-state index contributed by atoms with van der Waals surface area (Å²) >= 11 is 0. The van der Waals surface area contributed by atoms with Crippen LogP contribution in [0.2, 0.25) is 0 Å². The third-order valence-electron chi connectivity index (χ3n) is 5.80. The molecule has 4 aliphatic carbocycles. The molecule has 0 saturated heterocycles. The number of nitrogen functional groups attached to an aromatic ring is 1. The normalized spacial score (nSPS) is 39.4. The fourth-order valence-corrected chi connectivity index (χ4v) is 5.22. The molecule has 0 atom stereocenters. The van der Waals surface area contributed by atoms with Gasteiger partial charge in [0.05, 0.1) is 6.33 Å². The van der Waals surface area contributed by atoms with Crippen molar-refractivity contribution >= 4 is 5.82 Å². The summed E-state index contributed by atoms with van der Waals surface area (Å²) in [4.78, 5) is 4.09. The molecule has 2 N–H and O–H groups in total. The highest BCUT2D eigenvalue weighted by Gasteiger charge is 2.48. The van der Waals surface area contributed by atoms with Gasteiger partial charge in [0.25, 0.3) is 0 Å². The molecule has 0 radical (unpaired) electrons. The monoisotopic (exact) mass is 256 g/mol. The van der Waals surface area contributed by atoms with E-state index < -0.39 is 0 Å². The summed E-state index contributed by atoms with van der Waals surface area (Å²) < 4.78 is 1.99. The van der Waals surface area contributed by atoms with Crippen LogP contribution >= 0.6 is 0 Å². The standard InChI is InChI=1S/C15H20N4/c16-6-14-15(17)18-8-19(14)7-13-11-2-9-1-10(4-11)5-12(13)3-9/h8-13H,1-5,7,17H2. The highest BCUT2D eigenvalue weighted by atomic mass is 15.1. The summed E-state index contributed by atoms with van der Waals surface area (Å²) in [6.45, 7) is 0.946. The van der Waals surface area contributed by atoms with Crippen LogP contribution in [0.15, 0.2) is 6.33 Å². The van der Waals surface area contributed by atoms with Gasteiger partial charge in [-0.1, -0.05) is 0 Å². The van der Waals surface area contributed by atoms with Crippen molar-refractivity contribution in [3.63, 3.8) is 0 Å². The molecule has 1 aromatic rings.